The van der Waals surface area contributed by atoms with Crippen LogP contribution in [0.3, 0.4) is 0 Å². The van der Waals surface area contributed by atoms with E-state index in [2.05, 4.69) is 15.4 Å². The molecule has 1 aromatic rings. The summed E-state index contributed by atoms with van der Waals surface area (Å²) in [7, 11) is 0. The minimum atomic E-state index is -0.448. The van der Waals surface area contributed by atoms with Crippen LogP contribution in [0.2, 0.25) is 0 Å². The summed E-state index contributed by atoms with van der Waals surface area (Å²) in [5.41, 5.74) is 5.31. The number of carbonyl (C=O) groups is 1. The molecule has 0 spiro atoms. The van der Waals surface area contributed by atoms with Gasteiger partial charge in [-0.3, -0.25) is 9.48 Å². The Morgan fingerprint density at radius 3 is 2.61 bits per heavy atom. The Morgan fingerprint density at radius 2 is 2.17 bits per heavy atom. The summed E-state index contributed by atoms with van der Waals surface area (Å²) in [6.45, 7) is 6.93. The van der Waals surface area contributed by atoms with Crippen molar-refractivity contribution in [3.05, 3.63) is 12.7 Å². The molecule has 0 aliphatic rings. The van der Waals surface area contributed by atoms with E-state index in [9.17, 15) is 4.79 Å². The van der Waals surface area contributed by atoms with Crippen molar-refractivity contribution in [2.75, 3.05) is 6.54 Å². The van der Waals surface area contributed by atoms with E-state index in [1.807, 2.05) is 20.8 Å². The molecule has 0 bridgehead atoms. The molecular weight excluding hydrogens is 230 g/mol. The standard InChI is InChI=1S/C12H23N5O/c1-4-12(5-2,7-13)11(18)16-10(3)6-17-9-14-8-15-17/h8-10H,4-7,13H2,1-3H3,(H,16,18). The molecule has 0 saturated heterocycles. The molecule has 1 heterocycles. The number of hydrogen-bond acceptors (Lipinski definition) is 4. The Morgan fingerprint density at radius 1 is 1.50 bits per heavy atom. The Kier molecular flexibility index (Phi) is 5.27. The van der Waals surface area contributed by atoms with Crippen molar-refractivity contribution in [2.24, 2.45) is 11.1 Å². The van der Waals surface area contributed by atoms with Crippen molar-refractivity contribution >= 4 is 5.91 Å². The zero-order chi connectivity index (χ0) is 13.6. The van der Waals surface area contributed by atoms with E-state index in [1.54, 1.807) is 11.0 Å². The van der Waals surface area contributed by atoms with Crippen LogP contribution in [0.4, 0.5) is 0 Å². The van der Waals surface area contributed by atoms with Gasteiger partial charge in [-0.05, 0) is 19.8 Å². The van der Waals surface area contributed by atoms with Crippen molar-refractivity contribution in [1.29, 1.82) is 0 Å². The lowest BCUT2D eigenvalue weighted by Gasteiger charge is -2.30. The van der Waals surface area contributed by atoms with Crippen LogP contribution in [0.5, 0.6) is 0 Å². The van der Waals surface area contributed by atoms with Crippen molar-refractivity contribution in [3.8, 4) is 0 Å². The van der Waals surface area contributed by atoms with Gasteiger partial charge in [0, 0.05) is 12.6 Å². The average molecular weight is 253 g/mol. The van der Waals surface area contributed by atoms with Crippen LogP contribution in [-0.4, -0.2) is 33.3 Å². The first-order valence-electron chi connectivity index (χ1n) is 6.41. The molecule has 0 aliphatic carbocycles. The SMILES string of the molecule is CCC(CC)(CN)C(=O)NC(C)Cn1cncn1. The Balaban J connectivity index is 2.57. The van der Waals surface area contributed by atoms with E-state index in [4.69, 9.17) is 5.73 Å². The second-order valence-electron chi connectivity index (χ2n) is 4.68. The van der Waals surface area contributed by atoms with E-state index >= 15 is 0 Å². The number of aromatic nitrogens is 3. The fourth-order valence-corrected chi connectivity index (χ4v) is 1.98. The minimum Gasteiger partial charge on any atom is -0.351 e. The molecule has 1 atom stereocenters. The summed E-state index contributed by atoms with van der Waals surface area (Å²) in [4.78, 5) is 16.1. The Labute approximate surface area is 108 Å². The Hall–Kier alpha value is -1.43. The first-order chi connectivity index (χ1) is 8.57. The fraction of sp³-hybridized carbons (Fsp3) is 0.750. The third kappa shape index (κ3) is 3.29. The van der Waals surface area contributed by atoms with Crippen LogP contribution in [0.15, 0.2) is 12.7 Å². The van der Waals surface area contributed by atoms with Gasteiger partial charge >= 0.3 is 0 Å². The van der Waals surface area contributed by atoms with Gasteiger partial charge in [0.25, 0.3) is 0 Å². The van der Waals surface area contributed by atoms with Crippen LogP contribution in [0, 0.1) is 5.41 Å². The van der Waals surface area contributed by atoms with Gasteiger partial charge in [-0.1, -0.05) is 13.8 Å². The molecule has 3 N–H and O–H groups in total. The molecule has 1 amide bonds. The van der Waals surface area contributed by atoms with Crippen LogP contribution in [0.25, 0.3) is 0 Å². The van der Waals surface area contributed by atoms with Gasteiger partial charge in [-0.25, -0.2) is 4.98 Å². The number of rotatable bonds is 7. The van der Waals surface area contributed by atoms with E-state index in [-0.39, 0.29) is 11.9 Å². The van der Waals surface area contributed by atoms with Gasteiger partial charge in [0.05, 0.1) is 12.0 Å². The first kappa shape index (κ1) is 14.6. The monoisotopic (exact) mass is 253 g/mol. The third-order valence-electron chi connectivity index (χ3n) is 3.53. The molecule has 0 fully saturated rings. The second-order valence-corrected chi connectivity index (χ2v) is 4.68. The smallest absolute Gasteiger partial charge is 0.227 e. The van der Waals surface area contributed by atoms with Crippen molar-refractivity contribution in [3.63, 3.8) is 0 Å². The summed E-state index contributed by atoms with van der Waals surface area (Å²) < 4.78 is 1.70. The number of amides is 1. The maximum absolute atomic E-state index is 12.3. The largest absolute Gasteiger partial charge is 0.351 e. The number of carbonyl (C=O) groups excluding carboxylic acids is 1. The van der Waals surface area contributed by atoms with Crippen molar-refractivity contribution in [2.45, 2.75) is 46.2 Å². The van der Waals surface area contributed by atoms with Gasteiger partial charge in [0.2, 0.25) is 5.91 Å². The van der Waals surface area contributed by atoms with E-state index in [1.165, 1.54) is 6.33 Å². The maximum Gasteiger partial charge on any atom is 0.227 e. The summed E-state index contributed by atoms with van der Waals surface area (Å²) >= 11 is 0. The van der Waals surface area contributed by atoms with Gasteiger partial charge in [-0.15, -0.1) is 0 Å². The molecule has 102 valence electrons. The van der Waals surface area contributed by atoms with Crippen LogP contribution in [-0.2, 0) is 11.3 Å². The molecule has 0 radical (unpaired) electrons. The zero-order valence-corrected chi connectivity index (χ0v) is 11.4. The van der Waals surface area contributed by atoms with Gasteiger partial charge in [0.15, 0.2) is 0 Å². The first-order valence-corrected chi connectivity index (χ1v) is 6.41. The molecule has 1 unspecified atom stereocenters. The topological polar surface area (TPSA) is 85.8 Å². The van der Waals surface area contributed by atoms with Crippen LogP contribution >= 0.6 is 0 Å². The van der Waals surface area contributed by atoms with E-state index < -0.39 is 5.41 Å². The Bertz CT molecular complexity index is 350. The molecule has 6 nitrogen and oxygen atoms in total. The molecular formula is C12H23N5O. The maximum atomic E-state index is 12.3. The van der Waals surface area contributed by atoms with Gasteiger partial charge < -0.3 is 11.1 Å². The predicted molar refractivity (Wildman–Crippen MR) is 69.7 cm³/mol. The molecule has 1 aromatic heterocycles. The summed E-state index contributed by atoms with van der Waals surface area (Å²) in [6, 6.07) is 0.00299. The van der Waals surface area contributed by atoms with Crippen LogP contribution in [0.1, 0.15) is 33.6 Å². The highest BCUT2D eigenvalue weighted by molar-refractivity contribution is 5.83. The normalized spacial score (nSPS) is 13.3. The highest BCUT2D eigenvalue weighted by Gasteiger charge is 2.33. The summed E-state index contributed by atoms with van der Waals surface area (Å²) in [5.74, 6) is 0.0302. The molecule has 6 heteroatoms. The lowest BCUT2D eigenvalue weighted by molar-refractivity contribution is -0.131. The van der Waals surface area contributed by atoms with Crippen molar-refractivity contribution in [1.82, 2.24) is 20.1 Å². The quantitative estimate of drug-likeness (QED) is 0.743. The third-order valence-corrected chi connectivity index (χ3v) is 3.53. The molecule has 0 saturated carbocycles. The highest BCUT2D eigenvalue weighted by Crippen LogP contribution is 2.25. The lowest BCUT2D eigenvalue weighted by atomic mass is 9.81. The zero-order valence-electron chi connectivity index (χ0n) is 11.4. The number of nitrogens with one attached hydrogen (secondary N) is 1. The van der Waals surface area contributed by atoms with Crippen molar-refractivity contribution < 1.29 is 4.79 Å². The lowest BCUT2D eigenvalue weighted by Crippen LogP contribution is -2.49. The number of nitrogens with zero attached hydrogens (tertiary/aromatic N) is 3. The molecule has 1 rings (SSSR count). The summed E-state index contributed by atoms with van der Waals surface area (Å²) in [6.07, 6.45) is 4.62. The van der Waals surface area contributed by atoms with E-state index in [0.29, 0.717) is 13.1 Å². The van der Waals surface area contributed by atoms with Crippen LogP contribution < -0.4 is 11.1 Å². The summed E-state index contributed by atoms with van der Waals surface area (Å²) in [5, 5.41) is 7.02. The fourth-order valence-electron chi connectivity index (χ4n) is 1.98. The highest BCUT2D eigenvalue weighted by atomic mass is 16.2. The minimum absolute atomic E-state index is 0.00299. The van der Waals surface area contributed by atoms with Gasteiger partial charge in [-0.2, -0.15) is 5.10 Å². The molecule has 0 aliphatic heterocycles. The predicted octanol–water partition coefficient (Wildman–Crippen LogP) is 0.548. The number of nitrogens with two attached hydrogens (primary N) is 1. The van der Waals surface area contributed by atoms with Gasteiger partial charge in [0.1, 0.15) is 12.7 Å². The molecule has 18 heavy (non-hydrogen) atoms. The average Bonchev–Trinajstić information content (AvgIpc) is 2.84. The number of hydrogen-bond donors (Lipinski definition) is 2. The van der Waals surface area contributed by atoms with E-state index in [0.717, 1.165) is 12.8 Å². The molecule has 0 aromatic carbocycles. The second kappa shape index (κ2) is 6.49.